The van der Waals surface area contributed by atoms with E-state index in [2.05, 4.69) is 10.6 Å². The van der Waals surface area contributed by atoms with Crippen LogP contribution < -0.4 is 20.1 Å². The van der Waals surface area contributed by atoms with E-state index in [1.165, 1.54) is 0 Å². The lowest BCUT2D eigenvalue weighted by Crippen LogP contribution is -2.39. The van der Waals surface area contributed by atoms with E-state index in [0.29, 0.717) is 36.2 Å². The fourth-order valence-electron chi connectivity index (χ4n) is 3.58. The molecule has 3 heterocycles. The molecule has 0 aliphatic carbocycles. The number of anilines is 1. The van der Waals surface area contributed by atoms with Crippen LogP contribution in [0.15, 0.2) is 18.2 Å². The Morgan fingerprint density at radius 2 is 2.12 bits per heavy atom. The van der Waals surface area contributed by atoms with Crippen molar-refractivity contribution in [2.75, 3.05) is 44.9 Å². The first-order valence-corrected chi connectivity index (χ1v) is 8.40. The lowest BCUT2D eigenvalue weighted by molar-refractivity contribution is -0.134. The number of likely N-dealkylation sites (tertiary alicyclic amines) is 1. The number of aliphatic hydroxyl groups excluding tert-OH is 1. The molecule has 26 heavy (non-hydrogen) atoms. The van der Waals surface area contributed by atoms with Gasteiger partial charge in [-0.2, -0.15) is 0 Å². The zero-order chi connectivity index (χ0) is 18.7. The number of amides is 2. The average Bonchev–Trinajstić information content (AvgIpc) is 3.27. The zero-order valence-corrected chi connectivity index (χ0v) is 14.5. The summed E-state index contributed by atoms with van der Waals surface area (Å²) in [5.41, 5.74) is 0.495. The van der Waals surface area contributed by atoms with Crippen molar-refractivity contribution < 1.29 is 29.3 Å². The minimum Gasteiger partial charge on any atom is -0.481 e. The highest BCUT2D eigenvalue weighted by molar-refractivity contribution is 5.90. The molecule has 9 heteroatoms. The Morgan fingerprint density at radius 1 is 1.38 bits per heavy atom. The largest absolute Gasteiger partial charge is 0.481 e. The van der Waals surface area contributed by atoms with Gasteiger partial charge in [0.2, 0.25) is 6.79 Å². The highest BCUT2D eigenvalue weighted by Crippen LogP contribution is 2.39. The Balaban J connectivity index is 0.000000447. The molecule has 4 N–H and O–H groups in total. The van der Waals surface area contributed by atoms with E-state index >= 15 is 0 Å². The summed E-state index contributed by atoms with van der Waals surface area (Å²) in [4.78, 5) is 23.2. The standard InChI is InChI=1S/C15H19N3O4.C2H4O2/c19-8-15-6-16-4-10(15)5-18(7-15)14(20)17-11-1-2-12-13(3-11)22-9-21-12;1-2(3)4/h1-3,10,16,19H,4-9H2,(H,17,20);1H3,(H,3,4). The van der Waals surface area contributed by atoms with Crippen LogP contribution in [0.3, 0.4) is 0 Å². The molecule has 142 valence electrons. The number of rotatable bonds is 2. The van der Waals surface area contributed by atoms with Crippen LogP contribution in [0.5, 0.6) is 11.5 Å². The van der Waals surface area contributed by atoms with Gasteiger partial charge in [-0.25, -0.2) is 4.79 Å². The first kappa shape index (κ1) is 18.3. The molecule has 1 aromatic carbocycles. The number of aliphatic hydroxyl groups is 1. The van der Waals surface area contributed by atoms with Gasteiger partial charge in [0.25, 0.3) is 5.97 Å². The molecule has 0 bridgehead atoms. The predicted molar refractivity (Wildman–Crippen MR) is 92.3 cm³/mol. The van der Waals surface area contributed by atoms with E-state index in [1.54, 1.807) is 23.1 Å². The Labute approximate surface area is 150 Å². The van der Waals surface area contributed by atoms with Crippen LogP contribution in [0.1, 0.15) is 6.92 Å². The van der Waals surface area contributed by atoms with Crippen molar-refractivity contribution >= 4 is 17.7 Å². The third-order valence-corrected chi connectivity index (χ3v) is 4.91. The Morgan fingerprint density at radius 3 is 2.81 bits per heavy atom. The Bertz CT molecular complexity index is 693. The van der Waals surface area contributed by atoms with Gasteiger partial charge in [-0.3, -0.25) is 4.79 Å². The normalized spacial score (nSPS) is 25.3. The van der Waals surface area contributed by atoms with Crippen LogP contribution >= 0.6 is 0 Å². The molecule has 3 aliphatic rings. The van der Waals surface area contributed by atoms with Gasteiger partial charge < -0.3 is 35.2 Å². The number of hydrogen-bond donors (Lipinski definition) is 4. The lowest BCUT2D eigenvalue weighted by atomic mass is 9.82. The summed E-state index contributed by atoms with van der Waals surface area (Å²) in [5.74, 6) is 0.825. The molecule has 2 saturated heterocycles. The number of carboxylic acids is 1. The molecule has 3 aliphatic heterocycles. The number of nitrogens with one attached hydrogen (secondary N) is 2. The maximum absolute atomic E-state index is 12.4. The molecule has 0 saturated carbocycles. The van der Waals surface area contributed by atoms with Crippen molar-refractivity contribution in [3.8, 4) is 11.5 Å². The van der Waals surface area contributed by atoms with Crippen LogP contribution in [0.2, 0.25) is 0 Å². The summed E-state index contributed by atoms with van der Waals surface area (Å²) in [6.07, 6.45) is 0. The lowest BCUT2D eigenvalue weighted by Gasteiger charge is -2.25. The summed E-state index contributed by atoms with van der Waals surface area (Å²) < 4.78 is 10.6. The minimum atomic E-state index is -0.833. The van der Waals surface area contributed by atoms with Gasteiger partial charge in [0, 0.05) is 50.3 Å². The van der Waals surface area contributed by atoms with Crippen LogP contribution in [0.4, 0.5) is 10.5 Å². The van der Waals surface area contributed by atoms with Crippen molar-refractivity contribution in [3.05, 3.63) is 18.2 Å². The number of carbonyl (C=O) groups excluding carboxylic acids is 1. The molecule has 0 radical (unpaired) electrons. The van der Waals surface area contributed by atoms with Gasteiger partial charge in [0.1, 0.15) is 0 Å². The summed E-state index contributed by atoms with van der Waals surface area (Å²) in [6, 6.07) is 5.21. The maximum atomic E-state index is 12.4. The van der Waals surface area contributed by atoms with Gasteiger partial charge in [0.15, 0.2) is 11.5 Å². The number of aliphatic carboxylic acids is 1. The molecule has 2 fully saturated rings. The first-order chi connectivity index (χ1) is 12.4. The summed E-state index contributed by atoms with van der Waals surface area (Å²) in [7, 11) is 0. The molecule has 4 rings (SSSR count). The number of carboxylic acid groups (broad SMARTS) is 1. The van der Waals surface area contributed by atoms with Gasteiger partial charge in [-0.05, 0) is 18.1 Å². The van der Waals surface area contributed by atoms with Gasteiger partial charge in [-0.15, -0.1) is 0 Å². The van der Waals surface area contributed by atoms with Gasteiger partial charge in [0.05, 0.1) is 6.61 Å². The van der Waals surface area contributed by atoms with Crippen molar-refractivity contribution in [3.63, 3.8) is 0 Å². The smallest absolute Gasteiger partial charge is 0.321 e. The van der Waals surface area contributed by atoms with Crippen molar-refractivity contribution in [1.82, 2.24) is 10.2 Å². The van der Waals surface area contributed by atoms with E-state index in [-0.39, 0.29) is 24.8 Å². The van der Waals surface area contributed by atoms with Crippen LogP contribution in [0.25, 0.3) is 0 Å². The molecule has 0 spiro atoms. The highest BCUT2D eigenvalue weighted by Gasteiger charge is 2.50. The van der Waals surface area contributed by atoms with E-state index in [4.69, 9.17) is 19.4 Å². The molecule has 2 unspecified atom stereocenters. The Hall–Kier alpha value is -2.52. The van der Waals surface area contributed by atoms with Crippen molar-refractivity contribution in [2.45, 2.75) is 6.92 Å². The fraction of sp³-hybridized carbons (Fsp3) is 0.529. The van der Waals surface area contributed by atoms with Gasteiger partial charge in [-0.1, -0.05) is 0 Å². The van der Waals surface area contributed by atoms with E-state index in [1.807, 2.05) is 0 Å². The first-order valence-electron chi connectivity index (χ1n) is 8.40. The monoisotopic (exact) mass is 365 g/mol. The van der Waals surface area contributed by atoms with Crippen molar-refractivity contribution in [2.24, 2.45) is 11.3 Å². The second kappa shape index (κ2) is 7.38. The van der Waals surface area contributed by atoms with E-state index < -0.39 is 5.97 Å². The molecular weight excluding hydrogens is 342 g/mol. The number of benzene rings is 1. The number of ether oxygens (including phenoxy) is 2. The number of carbonyl (C=O) groups is 2. The predicted octanol–water partition coefficient (Wildman–Crippen LogP) is 0.552. The highest BCUT2D eigenvalue weighted by atomic mass is 16.7. The van der Waals surface area contributed by atoms with E-state index in [0.717, 1.165) is 20.0 Å². The summed E-state index contributed by atoms with van der Waals surface area (Å²) in [6.45, 7) is 4.28. The number of urea groups is 1. The molecule has 9 nitrogen and oxygen atoms in total. The molecule has 2 atom stereocenters. The minimum absolute atomic E-state index is 0.110. The summed E-state index contributed by atoms with van der Waals surface area (Å²) in [5, 5.41) is 23.3. The second-order valence-electron chi connectivity index (χ2n) is 6.75. The third-order valence-electron chi connectivity index (χ3n) is 4.91. The molecular formula is C17H23N3O6. The quantitative estimate of drug-likeness (QED) is 0.604. The number of nitrogens with zero attached hydrogens (tertiary/aromatic N) is 1. The maximum Gasteiger partial charge on any atom is 0.321 e. The molecule has 2 amide bonds. The van der Waals surface area contributed by atoms with Crippen LogP contribution in [0, 0.1) is 11.3 Å². The topological polar surface area (TPSA) is 120 Å². The number of fused-ring (bicyclic) bond motifs is 2. The third kappa shape index (κ3) is 3.68. The Kier molecular flexibility index (Phi) is 5.19. The number of hydrogen-bond acceptors (Lipinski definition) is 6. The SMILES string of the molecule is CC(=O)O.O=C(Nc1ccc2c(c1)OCO2)N1CC2CNCC2(CO)C1. The molecule has 0 aromatic heterocycles. The van der Waals surface area contributed by atoms with Crippen molar-refractivity contribution in [1.29, 1.82) is 0 Å². The summed E-state index contributed by atoms with van der Waals surface area (Å²) >= 11 is 0. The van der Waals surface area contributed by atoms with Gasteiger partial charge >= 0.3 is 6.03 Å². The molecule has 1 aromatic rings. The second-order valence-corrected chi connectivity index (χ2v) is 6.75. The average molecular weight is 365 g/mol. The zero-order valence-electron chi connectivity index (χ0n) is 14.5. The van der Waals surface area contributed by atoms with Crippen LogP contribution in [-0.2, 0) is 4.79 Å². The van der Waals surface area contributed by atoms with Crippen LogP contribution in [-0.4, -0.2) is 66.7 Å². The van der Waals surface area contributed by atoms with E-state index in [9.17, 15) is 9.90 Å². The fourth-order valence-corrected chi connectivity index (χ4v) is 3.58.